The molecular weight excluding hydrogens is 216 g/mol. The second-order valence-corrected chi connectivity index (χ2v) is 7.69. The fraction of sp³-hybridized carbons (Fsp3) is 1.00. The monoisotopic (exact) mass is 242 g/mol. The number of piperidine rings is 1. The first-order chi connectivity index (χ1) is 7.66. The lowest BCUT2D eigenvalue weighted by atomic mass is 9.96. The largest absolute Gasteiger partial charge is 0.316 e. The highest BCUT2D eigenvalue weighted by atomic mass is 32.2. The molecule has 0 bridgehead atoms. The summed E-state index contributed by atoms with van der Waals surface area (Å²) in [5.74, 6) is 2.25. The highest BCUT2D eigenvalue weighted by Crippen LogP contribution is 2.29. The van der Waals surface area contributed by atoms with Gasteiger partial charge < -0.3 is 10.2 Å². The van der Waals surface area contributed by atoms with E-state index in [0.29, 0.717) is 4.75 Å². The Kier molecular flexibility index (Phi) is 4.57. The Balaban J connectivity index is 1.68. The number of hydrogen-bond donors (Lipinski definition) is 1. The van der Waals surface area contributed by atoms with Gasteiger partial charge in [0.15, 0.2) is 0 Å². The van der Waals surface area contributed by atoms with Crippen molar-refractivity contribution in [2.45, 2.75) is 37.9 Å². The Bertz CT molecular complexity index is 212. The number of nitrogens with zero attached hydrogens (tertiary/aromatic N) is 1. The average molecular weight is 242 g/mol. The molecule has 2 heterocycles. The second-order valence-electron chi connectivity index (χ2n) is 5.89. The topological polar surface area (TPSA) is 15.3 Å². The zero-order valence-electron chi connectivity index (χ0n) is 10.8. The van der Waals surface area contributed by atoms with Gasteiger partial charge in [-0.05, 0) is 58.7 Å². The zero-order chi connectivity index (χ0) is 11.4. The van der Waals surface area contributed by atoms with E-state index < -0.39 is 0 Å². The Morgan fingerprint density at radius 1 is 1.44 bits per heavy atom. The van der Waals surface area contributed by atoms with E-state index >= 15 is 0 Å². The van der Waals surface area contributed by atoms with Crippen LogP contribution in [0.2, 0.25) is 0 Å². The van der Waals surface area contributed by atoms with Gasteiger partial charge in [-0.25, -0.2) is 0 Å². The van der Waals surface area contributed by atoms with Crippen LogP contribution in [0.25, 0.3) is 0 Å². The number of rotatable bonds is 3. The molecule has 1 atom stereocenters. The molecule has 3 heteroatoms. The minimum absolute atomic E-state index is 0.475. The van der Waals surface area contributed by atoms with Gasteiger partial charge in [0, 0.05) is 23.6 Å². The van der Waals surface area contributed by atoms with Crippen molar-refractivity contribution < 1.29 is 0 Å². The maximum Gasteiger partial charge on any atom is 0.0231 e. The summed E-state index contributed by atoms with van der Waals surface area (Å²) in [6, 6.07) is 0. The van der Waals surface area contributed by atoms with Crippen LogP contribution in [0.15, 0.2) is 0 Å². The van der Waals surface area contributed by atoms with E-state index in [2.05, 4.69) is 35.8 Å². The van der Waals surface area contributed by atoms with Crippen molar-refractivity contribution in [2.75, 3.05) is 38.5 Å². The van der Waals surface area contributed by atoms with Gasteiger partial charge >= 0.3 is 0 Å². The molecule has 0 saturated carbocycles. The van der Waals surface area contributed by atoms with Crippen LogP contribution in [0.1, 0.15) is 33.1 Å². The van der Waals surface area contributed by atoms with Gasteiger partial charge in [-0.1, -0.05) is 0 Å². The van der Waals surface area contributed by atoms with Crippen molar-refractivity contribution in [2.24, 2.45) is 5.92 Å². The molecule has 0 aromatic heterocycles. The zero-order valence-corrected chi connectivity index (χ0v) is 11.6. The van der Waals surface area contributed by atoms with Crippen LogP contribution in [0.3, 0.4) is 0 Å². The molecule has 94 valence electrons. The quantitative estimate of drug-likeness (QED) is 0.817. The van der Waals surface area contributed by atoms with Crippen molar-refractivity contribution in [3.63, 3.8) is 0 Å². The summed E-state index contributed by atoms with van der Waals surface area (Å²) < 4.78 is 0.475. The summed E-state index contributed by atoms with van der Waals surface area (Å²) >= 11 is 2.13. The van der Waals surface area contributed by atoms with Gasteiger partial charge in [-0.2, -0.15) is 11.8 Å². The number of thioether (sulfide) groups is 1. The van der Waals surface area contributed by atoms with E-state index in [0.717, 1.165) is 5.92 Å². The average Bonchev–Trinajstić information content (AvgIpc) is 2.27. The number of hydrogen-bond acceptors (Lipinski definition) is 3. The van der Waals surface area contributed by atoms with Crippen molar-refractivity contribution >= 4 is 11.8 Å². The third kappa shape index (κ3) is 3.94. The first-order valence-electron chi connectivity index (χ1n) is 6.73. The maximum absolute atomic E-state index is 3.52. The highest BCUT2D eigenvalue weighted by Gasteiger charge is 2.27. The summed E-state index contributed by atoms with van der Waals surface area (Å²) in [6.45, 7) is 11.1. The predicted octanol–water partition coefficient (Wildman–Crippen LogP) is 2.20. The summed E-state index contributed by atoms with van der Waals surface area (Å²) in [6.07, 6.45) is 4.22. The third-order valence-electron chi connectivity index (χ3n) is 3.76. The molecule has 2 fully saturated rings. The Labute approximate surface area is 105 Å². The Morgan fingerprint density at radius 3 is 3.00 bits per heavy atom. The van der Waals surface area contributed by atoms with Gasteiger partial charge in [-0.3, -0.25) is 0 Å². The van der Waals surface area contributed by atoms with Gasteiger partial charge in [-0.15, -0.1) is 0 Å². The van der Waals surface area contributed by atoms with Gasteiger partial charge in [0.1, 0.15) is 0 Å². The van der Waals surface area contributed by atoms with Crippen LogP contribution >= 0.6 is 11.8 Å². The summed E-state index contributed by atoms with van der Waals surface area (Å²) in [5, 5.41) is 3.52. The van der Waals surface area contributed by atoms with Crippen LogP contribution < -0.4 is 5.32 Å². The third-order valence-corrected chi connectivity index (χ3v) is 5.05. The SMILES string of the molecule is CC1(C)CN(CCC2CCCNC2)CCS1. The Morgan fingerprint density at radius 2 is 2.31 bits per heavy atom. The smallest absolute Gasteiger partial charge is 0.0231 e. The summed E-state index contributed by atoms with van der Waals surface area (Å²) in [5.41, 5.74) is 0. The minimum Gasteiger partial charge on any atom is -0.316 e. The molecule has 0 aliphatic carbocycles. The molecular formula is C13H26N2S. The van der Waals surface area contributed by atoms with Crippen molar-refractivity contribution in [1.82, 2.24) is 10.2 Å². The number of nitrogens with one attached hydrogen (secondary N) is 1. The second kappa shape index (κ2) is 5.74. The minimum atomic E-state index is 0.475. The molecule has 0 aromatic rings. The molecule has 0 spiro atoms. The lowest BCUT2D eigenvalue weighted by Gasteiger charge is -2.38. The van der Waals surface area contributed by atoms with E-state index in [1.54, 1.807) is 0 Å². The molecule has 2 nitrogen and oxygen atoms in total. The predicted molar refractivity (Wildman–Crippen MR) is 73.2 cm³/mol. The van der Waals surface area contributed by atoms with Gasteiger partial charge in [0.05, 0.1) is 0 Å². The van der Waals surface area contributed by atoms with Crippen molar-refractivity contribution in [3.05, 3.63) is 0 Å². The molecule has 2 aliphatic heterocycles. The van der Waals surface area contributed by atoms with Crippen molar-refractivity contribution in [3.8, 4) is 0 Å². The van der Waals surface area contributed by atoms with E-state index in [-0.39, 0.29) is 0 Å². The first kappa shape index (κ1) is 12.7. The van der Waals surface area contributed by atoms with Crippen LogP contribution in [0.4, 0.5) is 0 Å². The van der Waals surface area contributed by atoms with Gasteiger partial charge in [0.25, 0.3) is 0 Å². The molecule has 2 aliphatic rings. The lowest BCUT2D eigenvalue weighted by Crippen LogP contribution is -2.44. The molecule has 2 saturated heterocycles. The fourth-order valence-electron chi connectivity index (χ4n) is 2.84. The molecule has 0 amide bonds. The van der Waals surface area contributed by atoms with Crippen LogP contribution in [-0.4, -0.2) is 48.1 Å². The first-order valence-corrected chi connectivity index (χ1v) is 7.71. The summed E-state index contributed by atoms with van der Waals surface area (Å²) in [7, 11) is 0. The van der Waals surface area contributed by atoms with E-state index in [1.165, 1.54) is 57.7 Å². The maximum atomic E-state index is 3.52. The Hall–Kier alpha value is 0.270. The molecule has 2 rings (SSSR count). The van der Waals surface area contributed by atoms with Crippen molar-refractivity contribution in [1.29, 1.82) is 0 Å². The molecule has 1 unspecified atom stereocenters. The molecule has 0 radical (unpaired) electrons. The fourth-order valence-corrected chi connectivity index (χ4v) is 4.02. The molecule has 16 heavy (non-hydrogen) atoms. The van der Waals surface area contributed by atoms with Crippen LogP contribution in [0.5, 0.6) is 0 Å². The lowest BCUT2D eigenvalue weighted by molar-refractivity contribution is 0.228. The molecule has 0 aromatic carbocycles. The molecule has 1 N–H and O–H groups in total. The van der Waals surface area contributed by atoms with Crippen LogP contribution in [-0.2, 0) is 0 Å². The summed E-state index contributed by atoms with van der Waals surface area (Å²) in [4.78, 5) is 2.67. The van der Waals surface area contributed by atoms with Crippen LogP contribution in [0, 0.1) is 5.92 Å². The van der Waals surface area contributed by atoms with Gasteiger partial charge in [0.2, 0.25) is 0 Å². The standard InChI is InChI=1S/C13H26N2S/c1-13(2)11-15(8-9-16-13)7-5-12-4-3-6-14-10-12/h12,14H,3-11H2,1-2H3. The van der Waals surface area contributed by atoms with E-state index in [9.17, 15) is 0 Å². The van der Waals surface area contributed by atoms with E-state index in [1.807, 2.05) is 0 Å². The normalized spacial score (nSPS) is 31.5. The van der Waals surface area contributed by atoms with E-state index in [4.69, 9.17) is 0 Å². The highest BCUT2D eigenvalue weighted by molar-refractivity contribution is 8.00.